The van der Waals surface area contributed by atoms with Crippen molar-refractivity contribution in [2.24, 2.45) is 23.7 Å². The van der Waals surface area contributed by atoms with Crippen molar-refractivity contribution in [1.29, 1.82) is 0 Å². The van der Waals surface area contributed by atoms with Crippen molar-refractivity contribution >= 4 is 5.97 Å². The summed E-state index contributed by atoms with van der Waals surface area (Å²) < 4.78 is 38.0. The highest BCUT2D eigenvalue weighted by Gasteiger charge is 2.54. The fourth-order valence-electron chi connectivity index (χ4n) is 9.44. The van der Waals surface area contributed by atoms with Crippen molar-refractivity contribution in [1.82, 2.24) is 4.90 Å². The molecule has 19 atom stereocenters. The molecule has 1 aromatic rings. The summed E-state index contributed by atoms with van der Waals surface area (Å²) in [5.41, 5.74) is -4.12. The lowest BCUT2D eigenvalue weighted by atomic mass is 9.73. The summed E-state index contributed by atoms with van der Waals surface area (Å²) in [4.78, 5) is 16.6. The van der Waals surface area contributed by atoms with Gasteiger partial charge in [0, 0.05) is 43.9 Å². The van der Waals surface area contributed by atoms with Gasteiger partial charge in [0.1, 0.15) is 23.9 Å². The number of aliphatic hydroxyl groups is 6. The first kappa shape index (κ1) is 48.9. The quantitative estimate of drug-likeness (QED) is 0.199. The molecule has 6 N–H and O–H groups in total. The summed E-state index contributed by atoms with van der Waals surface area (Å²) in [6.45, 7) is 19.1. The van der Waals surface area contributed by atoms with Gasteiger partial charge in [0.25, 0.3) is 0 Å². The number of carbonyl (C=O) groups excluding carboxylic acids is 1. The predicted molar refractivity (Wildman–Crippen MR) is 216 cm³/mol. The Balaban J connectivity index is 1.86. The van der Waals surface area contributed by atoms with Gasteiger partial charge in [0.2, 0.25) is 0 Å². The molecule has 1 aromatic carbocycles. The molecule has 14 heteroatoms. The van der Waals surface area contributed by atoms with E-state index in [-0.39, 0.29) is 37.5 Å². The molecule has 0 aliphatic carbocycles. The van der Waals surface area contributed by atoms with E-state index in [1.807, 2.05) is 58.2 Å². The van der Waals surface area contributed by atoms with E-state index in [9.17, 15) is 35.4 Å². The lowest BCUT2D eigenvalue weighted by Crippen LogP contribution is -2.62. The van der Waals surface area contributed by atoms with Gasteiger partial charge in [0.05, 0.1) is 53.7 Å². The number of methoxy groups -OCH3 is 1. The van der Waals surface area contributed by atoms with Gasteiger partial charge < -0.3 is 59.1 Å². The molecular formula is C44H75NO13. The average molecular weight is 826 g/mol. The number of hydrogen-bond donors (Lipinski definition) is 6. The summed E-state index contributed by atoms with van der Waals surface area (Å²) in [6, 6.07) is 8.93. The van der Waals surface area contributed by atoms with Gasteiger partial charge in [0.15, 0.2) is 12.6 Å². The van der Waals surface area contributed by atoms with Gasteiger partial charge in [-0.05, 0) is 86.8 Å². The monoisotopic (exact) mass is 826 g/mol. The second-order valence-electron chi connectivity index (χ2n) is 18.8. The van der Waals surface area contributed by atoms with Crippen molar-refractivity contribution in [3.63, 3.8) is 0 Å². The molecule has 3 fully saturated rings. The number of carbonyl (C=O) groups is 1. The van der Waals surface area contributed by atoms with Gasteiger partial charge in [-0.1, -0.05) is 51.1 Å². The highest BCUT2D eigenvalue weighted by Crippen LogP contribution is 2.41. The predicted octanol–water partition coefficient (Wildman–Crippen LogP) is 3.19. The third-order valence-electron chi connectivity index (χ3n) is 13.6. The maximum Gasteiger partial charge on any atom is 0.311 e. The van der Waals surface area contributed by atoms with E-state index in [1.54, 1.807) is 48.5 Å². The van der Waals surface area contributed by atoms with E-state index >= 15 is 0 Å². The molecule has 0 radical (unpaired) electrons. The van der Waals surface area contributed by atoms with Crippen LogP contribution >= 0.6 is 0 Å². The van der Waals surface area contributed by atoms with Crippen molar-refractivity contribution < 1.29 is 63.9 Å². The molecule has 334 valence electrons. The highest BCUT2D eigenvalue weighted by atomic mass is 16.7. The van der Waals surface area contributed by atoms with Crippen LogP contribution in [0.5, 0.6) is 0 Å². The Labute approximate surface area is 346 Å². The Morgan fingerprint density at radius 3 is 2.07 bits per heavy atom. The van der Waals surface area contributed by atoms with Crippen LogP contribution in [0.15, 0.2) is 30.3 Å². The van der Waals surface area contributed by atoms with E-state index in [4.69, 9.17) is 28.4 Å². The molecule has 58 heavy (non-hydrogen) atoms. The molecule has 3 aliphatic rings. The summed E-state index contributed by atoms with van der Waals surface area (Å²) in [6.07, 6.45) is -11.1. The number of nitrogens with zero attached hydrogens (tertiary/aromatic N) is 1. The lowest BCUT2D eigenvalue weighted by molar-refractivity contribution is -0.319. The fraction of sp³-hybridized carbons (Fsp3) is 0.841. The Bertz CT molecular complexity index is 1450. The van der Waals surface area contributed by atoms with Crippen LogP contribution in [0.1, 0.15) is 101 Å². The van der Waals surface area contributed by atoms with Crippen LogP contribution in [0.4, 0.5) is 0 Å². The molecule has 3 aliphatic heterocycles. The number of hydrogen-bond acceptors (Lipinski definition) is 14. The normalized spacial score (nSPS) is 46.5. The summed E-state index contributed by atoms with van der Waals surface area (Å²) in [5.74, 6) is -4.30. The third kappa shape index (κ3) is 10.8. The first-order chi connectivity index (χ1) is 26.9. The van der Waals surface area contributed by atoms with Crippen molar-refractivity contribution in [3.05, 3.63) is 35.9 Å². The molecular weight excluding hydrogens is 750 g/mol. The maximum absolute atomic E-state index is 14.6. The molecule has 0 aromatic heterocycles. The summed E-state index contributed by atoms with van der Waals surface area (Å²) >= 11 is 0. The van der Waals surface area contributed by atoms with Crippen LogP contribution in [0.2, 0.25) is 0 Å². The number of likely N-dealkylation sites (N-methyl/N-ethyl adjacent to an activating group) is 1. The van der Waals surface area contributed by atoms with Crippen LogP contribution < -0.4 is 0 Å². The van der Waals surface area contributed by atoms with Crippen LogP contribution in [0.3, 0.4) is 0 Å². The second-order valence-corrected chi connectivity index (χ2v) is 18.8. The minimum atomic E-state index is -2.03. The standard InChI is InChI=1S/C44H75NO13/c1-23(2)45(12)31-19-25(4)54-41(35(31)47)58-39-27(6)36(57-33-22-43(10,53-13)38(49)29(8)55-33)28(7)40(50)56-32(20-30-17-15-14-16-18-30)44(11,52)37(48)26(5)34(46)24(3)21-42(39,9)51/h14-18,23-29,31-39,41,46-49,51-52H,19-22H2,1-13H3/t24-,25?,26+,27+,28-,29?,31?,32-,33?,34+,35?,36+,37-,38?,39-,41?,42-,43?,44-/m1/s1. The number of esters is 1. The van der Waals surface area contributed by atoms with Crippen molar-refractivity contribution in [2.45, 2.75) is 198 Å². The molecule has 3 heterocycles. The number of rotatable bonds is 9. The minimum Gasteiger partial charge on any atom is -0.459 e. The Morgan fingerprint density at radius 2 is 1.48 bits per heavy atom. The molecule has 8 unspecified atom stereocenters. The van der Waals surface area contributed by atoms with Crippen LogP contribution in [-0.4, -0.2) is 152 Å². The van der Waals surface area contributed by atoms with Crippen molar-refractivity contribution in [3.8, 4) is 0 Å². The van der Waals surface area contributed by atoms with Crippen LogP contribution in [0.25, 0.3) is 0 Å². The van der Waals surface area contributed by atoms with Gasteiger partial charge in [-0.15, -0.1) is 0 Å². The second kappa shape index (κ2) is 19.5. The zero-order valence-corrected chi connectivity index (χ0v) is 37.0. The largest absolute Gasteiger partial charge is 0.459 e. The third-order valence-corrected chi connectivity index (χ3v) is 13.6. The Morgan fingerprint density at radius 1 is 0.862 bits per heavy atom. The SMILES string of the molecule is COC1(C)CC(O[C@H]2[C@H](C)[C@@H](OC3OC(C)CC(N(C)C(C)C)C3O)[C@](C)(O)C[C@@H](C)[C@H](O)[C@H](C)[C@@H](O)[C@](C)(O)[C@@H](Cc3ccccc3)OC(=O)[C@@H]2C)OC(C)C1O. The maximum atomic E-state index is 14.6. The first-order valence-electron chi connectivity index (χ1n) is 21.2. The van der Waals surface area contributed by atoms with E-state index in [2.05, 4.69) is 4.90 Å². The molecule has 0 amide bonds. The zero-order chi connectivity index (χ0) is 43.7. The van der Waals surface area contributed by atoms with Gasteiger partial charge in [-0.3, -0.25) is 9.69 Å². The van der Waals surface area contributed by atoms with E-state index < -0.39 is 108 Å². The Kier molecular flexibility index (Phi) is 16.4. The Hall–Kier alpha value is -1.79. The molecule has 0 spiro atoms. The smallest absolute Gasteiger partial charge is 0.311 e. The van der Waals surface area contributed by atoms with Gasteiger partial charge in [-0.2, -0.15) is 0 Å². The van der Waals surface area contributed by atoms with Crippen LogP contribution in [0, 0.1) is 23.7 Å². The van der Waals surface area contributed by atoms with Gasteiger partial charge in [-0.25, -0.2) is 0 Å². The molecule has 0 bridgehead atoms. The fourth-order valence-corrected chi connectivity index (χ4v) is 9.44. The zero-order valence-electron chi connectivity index (χ0n) is 37.0. The molecule has 14 nitrogen and oxygen atoms in total. The highest BCUT2D eigenvalue weighted by molar-refractivity contribution is 5.73. The van der Waals surface area contributed by atoms with Gasteiger partial charge >= 0.3 is 5.97 Å². The number of cyclic esters (lactones) is 1. The summed E-state index contributed by atoms with van der Waals surface area (Å²) in [5, 5.41) is 71.1. The number of benzene rings is 1. The van der Waals surface area contributed by atoms with E-state index in [1.165, 1.54) is 14.0 Å². The summed E-state index contributed by atoms with van der Waals surface area (Å²) in [7, 11) is 3.43. The minimum absolute atomic E-state index is 0.0532. The van der Waals surface area contributed by atoms with E-state index in [0.29, 0.717) is 6.42 Å². The average Bonchev–Trinajstić information content (AvgIpc) is 3.16. The van der Waals surface area contributed by atoms with E-state index in [0.717, 1.165) is 5.56 Å². The topological polar surface area (TPSA) is 197 Å². The number of ether oxygens (including phenoxy) is 6. The van der Waals surface area contributed by atoms with Crippen LogP contribution in [-0.2, 0) is 39.6 Å². The molecule has 4 rings (SSSR count). The first-order valence-corrected chi connectivity index (χ1v) is 21.2. The molecule has 3 saturated heterocycles. The molecule has 0 saturated carbocycles. The lowest BCUT2D eigenvalue weighted by Gasteiger charge is -2.49. The van der Waals surface area contributed by atoms with Crippen molar-refractivity contribution in [2.75, 3.05) is 14.2 Å². The number of aliphatic hydroxyl groups excluding tert-OH is 4.